The predicted molar refractivity (Wildman–Crippen MR) is 62.4 cm³/mol. The first-order valence-electron chi connectivity index (χ1n) is 5.16. The first kappa shape index (κ1) is 9.51. The molecule has 1 radical (unpaired) electrons. The van der Waals surface area contributed by atoms with E-state index in [9.17, 15) is 0 Å². The van der Waals surface area contributed by atoms with Crippen molar-refractivity contribution >= 4 is 6.08 Å². The van der Waals surface area contributed by atoms with E-state index < -0.39 is 0 Å². The largest absolute Gasteiger partial charge is 0.0724 e. The quantitative estimate of drug-likeness (QED) is 0.575. The molecular weight excluding hydrogens is 168 g/mol. The number of fused-ring (bicyclic) bond motifs is 1. The molecule has 0 aromatic heterocycles. The molecule has 1 aliphatic carbocycles. The average molecular weight is 185 g/mol. The molecule has 0 unspecified atom stereocenters. The van der Waals surface area contributed by atoms with Crippen molar-refractivity contribution in [1.82, 2.24) is 0 Å². The molecule has 0 amide bonds. The lowest BCUT2D eigenvalue weighted by atomic mass is 9.87. The first-order chi connectivity index (χ1) is 6.54. The second-order valence-corrected chi connectivity index (χ2v) is 4.31. The van der Waals surface area contributed by atoms with Gasteiger partial charge >= 0.3 is 0 Å². The number of hydrogen-bond acceptors (Lipinski definition) is 0. The van der Waals surface area contributed by atoms with Crippen LogP contribution in [0.2, 0.25) is 0 Å². The number of benzene rings is 1. The number of rotatable bonds is 0. The van der Waals surface area contributed by atoms with Crippen LogP contribution in [-0.2, 0) is 0 Å². The normalized spacial score (nSPS) is 14.9. The van der Waals surface area contributed by atoms with Crippen LogP contribution in [0.15, 0.2) is 6.08 Å². The van der Waals surface area contributed by atoms with E-state index in [0.29, 0.717) is 0 Å². The van der Waals surface area contributed by atoms with Crippen molar-refractivity contribution in [2.75, 3.05) is 0 Å². The highest BCUT2D eigenvalue weighted by Gasteiger charge is 2.20. The van der Waals surface area contributed by atoms with Crippen LogP contribution in [0.1, 0.15) is 40.3 Å². The number of allylic oxidation sites excluding steroid dienone is 1. The summed E-state index contributed by atoms with van der Waals surface area (Å²) in [7, 11) is 0. The average Bonchev–Trinajstić information content (AvgIpc) is 2.54. The molecule has 0 heterocycles. The molecule has 0 heteroatoms. The van der Waals surface area contributed by atoms with E-state index in [1.807, 2.05) is 0 Å². The summed E-state index contributed by atoms with van der Waals surface area (Å²) in [6.07, 6.45) is 4.48. The molecule has 0 atom stereocenters. The lowest BCUT2D eigenvalue weighted by Crippen LogP contribution is -2.01. The minimum atomic E-state index is 1.41. The summed E-state index contributed by atoms with van der Waals surface area (Å²) < 4.78 is 0. The van der Waals surface area contributed by atoms with Crippen LogP contribution in [0.5, 0.6) is 0 Å². The van der Waals surface area contributed by atoms with Crippen LogP contribution in [-0.4, -0.2) is 0 Å². The van der Waals surface area contributed by atoms with Crippen molar-refractivity contribution < 1.29 is 0 Å². The van der Waals surface area contributed by atoms with Gasteiger partial charge in [-0.15, -0.1) is 0 Å². The standard InChI is InChI=1S/C14H17/c1-8-6-7-13-11(4)9(2)10(3)12(5)14(8)13/h6-7H,1-5H3. The van der Waals surface area contributed by atoms with E-state index in [2.05, 4.69) is 46.8 Å². The van der Waals surface area contributed by atoms with E-state index in [4.69, 9.17) is 0 Å². The summed E-state index contributed by atoms with van der Waals surface area (Å²) in [5, 5.41) is 0. The maximum absolute atomic E-state index is 2.25. The summed E-state index contributed by atoms with van der Waals surface area (Å²) >= 11 is 0. The Balaban J connectivity index is 2.82. The Morgan fingerprint density at radius 3 is 1.86 bits per heavy atom. The van der Waals surface area contributed by atoms with Crippen LogP contribution >= 0.6 is 0 Å². The smallest absolute Gasteiger partial charge is 0.0245 e. The summed E-state index contributed by atoms with van der Waals surface area (Å²) in [6, 6.07) is 0. The van der Waals surface area contributed by atoms with Gasteiger partial charge in [-0.1, -0.05) is 19.1 Å². The van der Waals surface area contributed by atoms with Crippen LogP contribution in [0.4, 0.5) is 0 Å². The summed E-state index contributed by atoms with van der Waals surface area (Å²) in [5.74, 6) is 1.41. The Bertz CT molecular complexity index is 422. The van der Waals surface area contributed by atoms with Crippen molar-refractivity contribution in [2.45, 2.75) is 34.6 Å². The molecule has 14 heavy (non-hydrogen) atoms. The van der Waals surface area contributed by atoms with Crippen LogP contribution in [0.25, 0.3) is 6.08 Å². The maximum Gasteiger partial charge on any atom is 0.0245 e. The van der Waals surface area contributed by atoms with Gasteiger partial charge in [-0.3, -0.25) is 0 Å². The maximum atomic E-state index is 2.25. The molecular formula is C14H17. The second kappa shape index (κ2) is 2.98. The third-order valence-electron chi connectivity index (χ3n) is 3.63. The van der Waals surface area contributed by atoms with E-state index in [1.54, 1.807) is 0 Å². The molecule has 0 aliphatic heterocycles. The van der Waals surface area contributed by atoms with Gasteiger partial charge in [-0.25, -0.2) is 0 Å². The molecule has 0 spiro atoms. The van der Waals surface area contributed by atoms with Crippen molar-refractivity contribution in [3.05, 3.63) is 45.4 Å². The molecule has 73 valence electrons. The van der Waals surface area contributed by atoms with Crippen molar-refractivity contribution in [3.63, 3.8) is 0 Å². The van der Waals surface area contributed by atoms with Crippen LogP contribution in [0.3, 0.4) is 0 Å². The molecule has 1 aromatic rings. The van der Waals surface area contributed by atoms with Gasteiger partial charge in [0.05, 0.1) is 0 Å². The Kier molecular flexibility index (Phi) is 2.02. The number of hydrogen-bond donors (Lipinski definition) is 0. The SMILES string of the molecule is C[C]1C=Cc2c(C)c(C)c(C)c(C)c21. The van der Waals surface area contributed by atoms with Gasteiger partial charge < -0.3 is 0 Å². The Labute approximate surface area is 86.7 Å². The van der Waals surface area contributed by atoms with Gasteiger partial charge in [0.25, 0.3) is 0 Å². The third-order valence-corrected chi connectivity index (χ3v) is 3.63. The summed E-state index contributed by atoms with van der Waals surface area (Å²) in [4.78, 5) is 0. The fourth-order valence-corrected chi connectivity index (χ4v) is 2.35. The molecule has 0 saturated carbocycles. The fourth-order valence-electron chi connectivity index (χ4n) is 2.35. The zero-order chi connectivity index (χ0) is 10.5. The fraction of sp³-hybridized carbons (Fsp3) is 0.357. The van der Waals surface area contributed by atoms with E-state index >= 15 is 0 Å². The molecule has 0 N–H and O–H groups in total. The van der Waals surface area contributed by atoms with Gasteiger partial charge in [0, 0.05) is 5.92 Å². The van der Waals surface area contributed by atoms with Gasteiger partial charge in [-0.2, -0.15) is 0 Å². The molecule has 0 saturated heterocycles. The zero-order valence-electron chi connectivity index (χ0n) is 9.65. The highest BCUT2D eigenvalue weighted by molar-refractivity contribution is 5.74. The predicted octanol–water partition coefficient (Wildman–Crippen LogP) is 3.89. The summed E-state index contributed by atoms with van der Waals surface area (Å²) in [5.41, 5.74) is 8.68. The van der Waals surface area contributed by atoms with Crippen molar-refractivity contribution in [2.24, 2.45) is 0 Å². The molecule has 0 nitrogen and oxygen atoms in total. The molecule has 0 bridgehead atoms. The molecule has 1 aromatic carbocycles. The minimum Gasteiger partial charge on any atom is -0.0724 e. The highest BCUT2D eigenvalue weighted by Crippen LogP contribution is 2.37. The van der Waals surface area contributed by atoms with E-state index in [-0.39, 0.29) is 0 Å². The van der Waals surface area contributed by atoms with E-state index in [1.165, 1.54) is 39.3 Å². The van der Waals surface area contributed by atoms with Crippen molar-refractivity contribution in [3.8, 4) is 0 Å². The minimum absolute atomic E-state index is 1.41. The van der Waals surface area contributed by atoms with Crippen LogP contribution < -0.4 is 0 Å². The lowest BCUT2D eigenvalue weighted by molar-refractivity contribution is 1.14. The van der Waals surface area contributed by atoms with Gasteiger partial charge in [0.15, 0.2) is 0 Å². The van der Waals surface area contributed by atoms with Gasteiger partial charge in [-0.05, 0) is 61.1 Å². The zero-order valence-corrected chi connectivity index (χ0v) is 9.65. The van der Waals surface area contributed by atoms with Crippen LogP contribution in [0, 0.1) is 33.6 Å². The highest BCUT2D eigenvalue weighted by atomic mass is 14.2. The third kappa shape index (κ3) is 1.06. The molecule has 2 rings (SSSR count). The molecule has 1 aliphatic rings. The Morgan fingerprint density at radius 1 is 0.643 bits per heavy atom. The lowest BCUT2D eigenvalue weighted by Gasteiger charge is -2.17. The molecule has 0 fully saturated rings. The van der Waals surface area contributed by atoms with Gasteiger partial charge in [0.2, 0.25) is 0 Å². The Morgan fingerprint density at radius 2 is 1.21 bits per heavy atom. The first-order valence-corrected chi connectivity index (χ1v) is 5.16. The van der Waals surface area contributed by atoms with Crippen molar-refractivity contribution in [1.29, 1.82) is 0 Å². The monoisotopic (exact) mass is 185 g/mol. The van der Waals surface area contributed by atoms with E-state index in [0.717, 1.165) is 0 Å². The second-order valence-electron chi connectivity index (χ2n) is 4.31. The topological polar surface area (TPSA) is 0 Å². The van der Waals surface area contributed by atoms with Gasteiger partial charge in [0.1, 0.15) is 0 Å². The summed E-state index contributed by atoms with van der Waals surface area (Å²) in [6.45, 7) is 11.1. The Hall–Kier alpha value is -1.04.